The van der Waals surface area contributed by atoms with Crippen LogP contribution in [0, 0.1) is 5.92 Å². The van der Waals surface area contributed by atoms with E-state index in [1.807, 2.05) is 31.2 Å². The number of imidazole rings is 1. The van der Waals surface area contributed by atoms with Gasteiger partial charge in [0, 0.05) is 30.4 Å². The number of aromatic nitrogens is 3. The van der Waals surface area contributed by atoms with Crippen LogP contribution in [0.15, 0.2) is 42.9 Å². The van der Waals surface area contributed by atoms with Crippen molar-refractivity contribution in [3.8, 4) is 11.1 Å². The van der Waals surface area contributed by atoms with Crippen molar-refractivity contribution in [3.63, 3.8) is 0 Å². The summed E-state index contributed by atoms with van der Waals surface area (Å²) < 4.78 is 1.75. The van der Waals surface area contributed by atoms with Gasteiger partial charge in [0.15, 0.2) is 11.6 Å². The number of carbonyl (C=O) groups excluding carboxylic acids is 2. The molecule has 2 N–H and O–H groups in total. The first-order valence-electron chi connectivity index (χ1n) is 8.68. The molecular weight excluding hydrogens is 330 g/mol. The Bertz CT molecular complexity index is 976. The minimum Gasteiger partial charge on any atom is -0.338 e. The number of pyridine rings is 2. The number of amides is 2. The highest BCUT2D eigenvalue weighted by atomic mass is 16.2. The van der Waals surface area contributed by atoms with E-state index in [1.54, 1.807) is 23.0 Å². The molecule has 26 heavy (non-hydrogen) atoms. The molecule has 3 heterocycles. The maximum atomic E-state index is 12.8. The van der Waals surface area contributed by atoms with Crippen molar-refractivity contribution in [3.05, 3.63) is 48.5 Å². The number of nitrogens with zero attached hydrogens (tertiary/aromatic N) is 3. The number of Topliss-reactive ketones (excluding diaryl/α,β-unsaturated/α-hetero) is 1. The summed E-state index contributed by atoms with van der Waals surface area (Å²) in [4.78, 5) is 33.2. The van der Waals surface area contributed by atoms with Gasteiger partial charge in [-0.05, 0) is 43.5 Å². The number of ketones is 1. The van der Waals surface area contributed by atoms with Gasteiger partial charge in [-0.2, -0.15) is 0 Å². The summed E-state index contributed by atoms with van der Waals surface area (Å²) in [6.45, 7) is 2.37. The summed E-state index contributed by atoms with van der Waals surface area (Å²) in [5, 5.41) is 5.36. The second-order valence-corrected chi connectivity index (χ2v) is 6.35. The van der Waals surface area contributed by atoms with Crippen LogP contribution in [0.25, 0.3) is 16.8 Å². The highest BCUT2D eigenvalue weighted by Crippen LogP contribution is 2.34. The van der Waals surface area contributed by atoms with E-state index in [4.69, 9.17) is 0 Å². The SMILES string of the molecule is CCNC(=O)Nc1cn2c(C(=O)C3CC3)cc(-c3cccnc3)cc2n1. The molecule has 1 saturated carbocycles. The van der Waals surface area contributed by atoms with Gasteiger partial charge in [0.25, 0.3) is 0 Å². The summed E-state index contributed by atoms with van der Waals surface area (Å²) in [5.41, 5.74) is 2.99. The molecule has 7 heteroatoms. The summed E-state index contributed by atoms with van der Waals surface area (Å²) in [7, 11) is 0. The maximum absolute atomic E-state index is 12.8. The van der Waals surface area contributed by atoms with Gasteiger partial charge in [-0.25, -0.2) is 9.78 Å². The molecule has 1 aliphatic rings. The molecule has 2 amide bonds. The molecule has 0 aliphatic heterocycles. The quantitative estimate of drug-likeness (QED) is 0.693. The van der Waals surface area contributed by atoms with Crippen molar-refractivity contribution in [2.45, 2.75) is 19.8 Å². The van der Waals surface area contributed by atoms with Crippen LogP contribution in [0.1, 0.15) is 30.3 Å². The van der Waals surface area contributed by atoms with Crippen LogP contribution in [0.2, 0.25) is 0 Å². The lowest BCUT2D eigenvalue weighted by atomic mass is 10.1. The molecule has 3 aromatic rings. The fourth-order valence-corrected chi connectivity index (χ4v) is 2.91. The number of fused-ring (bicyclic) bond motifs is 1. The molecule has 0 saturated heterocycles. The Morgan fingerprint density at radius 3 is 2.81 bits per heavy atom. The molecule has 0 atom stereocenters. The Morgan fingerprint density at radius 1 is 1.27 bits per heavy atom. The lowest BCUT2D eigenvalue weighted by Gasteiger charge is -2.08. The summed E-state index contributed by atoms with van der Waals surface area (Å²) >= 11 is 0. The van der Waals surface area contributed by atoms with Crippen molar-refractivity contribution in [2.24, 2.45) is 5.92 Å². The van der Waals surface area contributed by atoms with Gasteiger partial charge in [-0.3, -0.25) is 19.5 Å². The first kappa shape index (κ1) is 16.3. The van der Waals surface area contributed by atoms with Crippen LogP contribution in [0.3, 0.4) is 0 Å². The first-order valence-corrected chi connectivity index (χ1v) is 8.68. The lowest BCUT2D eigenvalue weighted by Crippen LogP contribution is -2.28. The fraction of sp³-hybridized carbons (Fsp3) is 0.263. The minimum atomic E-state index is -0.321. The third kappa shape index (κ3) is 3.15. The normalized spacial score (nSPS) is 13.6. The molecular formula is C19H19N5O2. The van der Waals surface area contributed by atoms with E-state index in [0.29, 0.717) is 23.7 Å². The standard InChI is InChI=1S/C19H19N5O2/c1-2-21-19(26)23-16-11-24-15(18(25)12-5-6-12)8-14(9-17(24)22-16)13-4-3-7-20-10-13/h3-4,7-12H,2,5-6H2,1H3,(H2,21,23,26). The lowest BCUT2D eigenvalue weighted by molar-refractivity contribution is 0.0961. The van der Waals surface area contributed by atoms with Gasteiger partial charge in [0.1, 0.15) is 5.65 Å². The summed E-state index contributed by atoms with van der Waals surface area (Å²) in [6.07, 6.45) is 7.01. The minimum absolute atomic E-state index is 0.0875. The zero-order valence-corrected chi connectivity index (χ0v) is 14.4. The molecule has 4 rings (SSSR count). The van der Waals surface area contributed by atoms with Crippen LogP contribution in [0.5, 0.6) is 0 Å². The Balaban J connectivity index is 1.80. The Morgan fingerprint density at radius 2 is 2.12 bits per heavy atom. The molecule has 1 aliphatic carbocycles. The first-order chi connectivity index (χ1) is 12.7. The van der Waals surface area contributed by atoms with Gasteiger partial charge < -0.3 is 5.32 Å². The van der Waals surface area contributed by atoms with E-state index in [9.17, 15) is 9.59 Å². The number of anilines is 1. The van der Waals surface area contributed by atoms with Gasteiger partial charge in [-0.1, -0.05) is 6.07 Å². The van der Waals surface area contributed by atoms with Crippen molar-refractivity contribution >= 4 is 23.3 Å². The molecule has 132 valence electrons. The van der Waals surface area contributed by atoms with E-state index >= 15 is 0 Å². The number of rotatable bonds is 5. The Kier molecular flexibility index (Phi) is 4.12. The van der Waals surface area contributed by atoms with Crippen LogP contribution < -0.4 is 10.6 Å². The third-order valence-corrected chi connectivity index (χ3v) is 4.34. The van der Waals surface area contributed by atoms with Crippen molar-refractivity contribution < 1.29 is 9.59 Å². The average Bonchev–Trinajstić information content (AvgIpc) is 3.41. The fourth-order valence-electron chi connectivity index (χ4n) is 2.91. The van der Waals surface area contributed by atoms with Crippen molar-refractivity contribution in [2.75, 3.05) is 11.9 Å². The topological polar surface area (TPSA) is 88.4 Å². The van der Waals surface area contributed by atoms with Crippen molar-refractivity contribution in [1.82, 2.24) is 19.7 Å². The molecule has 0 aromatic carbocycles. The second-order valence-electron chi connectivity index (χ2n) is 6.35. The Hall–Kier alpha value is -3.22. The van der Waals surface area contributed by atoms with E-state index in [-0.39, 0.29) is 17.7 Å². The average molecular weight is 349 g/mol. The number of urea groups is 1. The van der Waals surface area contributed by atoms with Gasteiger partial charge in [0.2, 0.25) is 0 Å². The van der Waals surface area contributed by atoms with Gasteiger partial charge in [0.05, 0.1) is 11.9 Å². The highest BCUT2D eigenvalue weighted by Gasteiger charge is 2.32. The van der Waals surface area contributed by atoms with E-state index in [0.717, 1.165) is 24.0 Å². The van der Waals surface area contributed by atoms with Crippen LogP contribution in [-0.4, -0.2) is 32.7 Å². The predicted molar refractivity (Wildman–Crippen MR) is 98.2 cm³/mol. The second kappa shape index (κ2) is 6.59. The van der Waals surface area contributed by atoms with Crippen molar-refractivity contribution in [1.29, 1.82) is 0 Å². The summed E-state index contributed by atoms with van der Waals surface area (Å²) in [5.74, 6) is 0.608. The molecule has 3 aromatic heterocycles. The largest absolute Gasteiger partial charge is 0.338 e. The molecule has 0 radical (unpaired) electrons. The number of carbonyl (C=O) groups is 2. The van der Waals surface area contributed by atoms with E-state index in [1.165, 1.54) is 0 Å². The number of hydrogen-bond donors (Lipinski definition) is 2. The zero-order chi connectivity index (χ0) is 18.1. The third-order valence-electron chi connectivity index (χ3n) is 4.34. The summed E-state index contributed by atoms with van der Waals surface area (Å²) in [6, 6.07) is 7.25. The highest BCUT2D eigenvalue weighted by molar-refractivity contribution is 6.00. The maximum Gasteiger partial charge on any atom is 0.320 e. The monoisotopic (exact) mass is 349 g/mol. The van der Waals surface area contributed by atoms with Crippen LogP contribution in [0.4, 0.5) is 10.6 Å². The van der Waals surface area contributed by atoms with Gasteiger partial charge in [-0.15, -0.1) is 0 Å². The molecule has 7 nitrogen and oxygen atoms in total. The molecule has 0 unspecified atom stereocenters. The number of hydrogen-bond acceptors (Lipinski definition) is 4. The predicted octanol–water partition coefficient (Wildman–Crippen LogP) is 3.13. The Labute approximate surface area is 150 Å². The van der Waals surface area contributed by atoms with Crippen LogP contribution in [-0.2, 0) is 0 Å². The number of nitrogens with one attached hydrogen (secondary N) is 2. The molecule has 0 bridgehead atoms. The van der Waals surface area contributed by atoms with E-state index in [2.05, 4.69) is 20.6 Å². The van der Waals surface area contributed by atoms with E-state index < -0.39 is 0 Å². The smallest absolute Gasteiger partial charge is 0.320 e. The zero-order valence-electron chi connectivity index (χ0n) is 14.4. The van der Waals surface area contributed by atoms with Gasteiger partial charge >= 0.3 is 6.03 Å². The molecule has 0 spiro atoms. The molecule has 1 fully saturated rings. The van der Waals surface area contributed by atoms with Crippen LogP contribution >= 0.6 is 0 Å².